The number of aliphatic hydroxyl groups excluding tert-OH is 1. The summed E-state index contributed by atoms with van der Waals surface area (Å²) in [6, 6.07) is 1.71. The summed E-state index contributed by atoms with van der Waals surface area (Å²) in [7, 11) is 1.78. The SMILES string of the molecule is CNc1cc(OCCCO)ncn1. The lowest BCUT2D eigenvalue weighted by Gasteiger charge is -2.04. The van der Waals surface area contributed by atoms with Gasteiger partial charge in [0, 0.05) is 26.1 Å². The van der Waals surface area contributed by atoms with E-state index in [0.717, 1.165) is 0 Å². The first-order valence-electron chi connectivity index (χ1n) is 4.10. The van der Waals surface area contributed by atoms with Crippen molar-refractivity contribution in [3.63, 3.8) is 0 Å². The molecule has 2 N–H and O–H groups in total. The molecule has 0 fully saturated rings. The Labute approximate surface area is 76.8 Å². The molecule has 72 valence electrons. The molecule has 0 bridgehead atoms. The Bertz CT molecular complexity index is 255. The monoisotopic (exact) mass is 183 g/mol. The average Bonchev–Trinajstić information content (AvgIpc) is 2.19. The highest BCUT2D eigenvalue weighted by atomic mass is 16.5. The van der Waals surface area contributed by atoms with Crippen LogP contribution in [-0.4, -0.2) is 35.3 Å². The first-order valence-corrected chi connectivity index (χ1v) is 4.10. The molecule has 0 amide bonds. The molecule has 0 radical (unpaired) electrons. The van der Waals surface area contributed by atoms with Gasteiger partial charge < -0.3 is 15.2 Å². The summed E-state index contributed by atoms with van der Waals surface area (Å²) >= 11 is 0. The molecule has 5 heteroatoms. The van der Waals surface area contributed by atoms with Crippen LogP contribution in [0.5, 0.6) is 5.88 Å². The standard InChI is InChI=1S/C8H13N3O2/c1-9-7-5-8(11-6-10-7)13-4-2-3-12/h5-6,12H,2-4H2,1H3,(H,9,10,11). The Balaban J connectivity index is 2.46. The number of ether oxygens (including phenoxy) is 1. The van der Waals surface area contributed by atoms with Gasteiger partial charge in [-0.05, 0) is 0 Å². The second-order valence-corrected chi connectivity index (χ2v) is 2.42. The number of aliphatic hydroxyl groups is 1. The van der Waals surface area contributed by atoms with Crippen LogP contribution in [-0.2, 0) is 0 Å². The van der Waals surface area contributed by atoms with Gasteiger partial charge in [0.15, 0.2) is 0 Å². The molecular formula is C8H13N3O2. The lowest BCUT2D eigenvalue weighted by Crippen LogP contribution is -2.02. The van der Waals surface area contributed by atoms with Crippen LogP contribution in [0.4, 0.5) is 5.82 Å². The van der Waals surface area contributed by atoms with Crippen LogP contribution in [0.3, 0.4) is 0 Å². The minimum Gasteiger partial charge on any atom is -0.477 e. The fourth-order valence-electron chi connectivity index (χ4n) is 0.796. The summed E-state index contributed by atoms with van der Waals surface area (Å²) in [5, 5.41) is 11.4. The topological polar surface area (TPSA) is 67.3 Å². The molecule has 5 nitrogen and oxygen atoms in total. The van der Waals surface area contributed by atoms with Gasteiger partial charge in [-0.25, -0.2) is 9.97 Å². The van der Waals surface area contributed by atoms with E-state index in [1.54, 1.807) is 13.1 Å². The molecule has 0 aliphatic heterocycles. The molecule has 0 aromatic carbocycles. The van der Waals surface area contributed by atoms with Crippen LogP contribution in [0.1, 0.15) is 6.42 Å². The van der Waals surface area contributed by atoms with Crippen molar-refractivity contribution in [2.45, 2.75) is 6.42 Å². The zero-order chi connectivity index (χ0) is 9.52. The molecule has 1 rings (SSSR count). The van der Waals surface area contributed by atoms with E-state index in [-0.39, 0.29) is 6.61 Å². The van der Waals surface area contributed by atoms with Crippen LogP contribution in [0.25, 0.3) is 0 Å². The van der Waals surface area contributed by atoms with Crippen molar-refractivity contribution < 1.29 is 9.84 Å². The van der Waals surface area contributed by atoms with E-state index < -0.39 is 0 Å². The summed E-state index contributed by atoms with van der Waals surface area (Å²) in [5.74, 6) is 1.24. The first-order chi connectivity index (χ1) is 6.36. The van der Waals surface area contributed by atoms with Crippen molar-refractivity contribution in [3.8, 4) is 5.88 Å². The van der Waals surface area contributed by atoms with Crippen molar-refractivity contribution >= 4 is 5.82 Å². The highest BCUT2D eigenvalue weighted by molar-refractivity contribution is 5.35. The molecule has 0 spiro atoms. The maximum Gasteiger partial charge on any atom is 0.218 e. The Morgan fingerprint density at radius 1 is 1.54 bits per heavy atom. The summed E-state index contributed by atoms with van der Waals surface area (Å²) in [6.07, 6.45) is 2.04. The average molecular weight is 183 g/mol. The summed E-state index contributed by atoms with van der Waals surface area (Å²) in [6.45, 7) is 0.598. The smallest absolute Gasteiger partial charge is 0.218 e. The Kier molecular flexibility index (Phi) is 3.98. The second kappa shape index (κ2) is 5.31. The van der Waals surface area contributed by atoms with Crippen molar-refractivity contribution in [1.82, 2.24) is 9.97 Å². The molecule has 0 saturated heterocycles. The predicted molar refractivity (Wildman–Crippen MR) is 48.8 cm³/mol. The van der Waals surface area contributed by atoms with Crippen LogP contribution in [0.2, 0.25) is 0 Å². The fourth-order valence-corrected chi connectivity index (χ4v) is 0.796. The van der Waals surface area contributed by atoms with Gasteiger partial charge in [0.25, 0.3) is 0 Å². The third-order valence-electron chi connectivity index (χ3n) is 1.45. The van der Waals surface area contributed by atoms with Crippen molar-refractivity contribution in [2.75, 3.05) is 25.6 Å². The van der Waals surface area contributed by atoms with Gasteiger partial charge in [0.2, 0.25) is 5.88 Å². The number of aromatic nitrogens is 2. The fraction of sp³-hybridized carbons (Fsp3) is 0.500. The third-order valence-corrected chi connectivity index (χ3v) is 1.45. The Morgan fingerprint density at radius 3 is 3.08 bits per heavy atom. The van der Waals surface area contributed by atoms with E-state index in [2.05, 4.69) is 15.3 Å². The molecule has 1 heterocycles. The quantitative estimate of drug-likeness (QED) is 0.642. The number of nitrogens with one attached hydrogen (secondary N) is 1. The molecule has 0 aliphatic rings. The van der Waals surface area contributed by atoms with E-state index in [0.29, 0.717) is 24.7 Å². The highest BCUT2D eigenvalue weighted by Gasteiger charge is 1.96. The zero-order valence-corrected chi connectivity index (χ0v) is 7.53. The zero-order valence-electron chi connectivity index (χ0n) is 7.53. The largest absolute Gasteiger partial charge is 0.477 e. The van der Waals surface area contributed by atoms with Crippen molar-refractivity contribution in [1.29, 1.82) is 0 Å². The first kappa shape index (κ1) is 9.73. The van der Waals surface area contributed by atoms with E-state index in [1.807, 2.05) is 0 Å². The predicted octanol–water partition coefficient (Wildman–Crippen LogP) is 0.279. The normalized spacial score (nSPS) is 9.69. The number of hydrogen-bond acceptors (Lipinski definition) is 5. The highest BCUT2D eigenvalue weighted by Crippen LogP contribution is 2.09. The van der Waals surface area contributed by atoms with Gasteiger partial charge in [-0.3, -0.25) is 0 Å². The van der Waals surface area contributed by atoms with E-state index in [9.17, 15) is 0 Å². The number of anilines is 1. The third kappa shape index (κ3) is 3.25. The van der Waals surface area contributed by atoms with Crippen LogP contribution in [0, 0.1) is 0 Å². The lowest BCUT2D eigenvalue weighted by molar-refractivity contribution is 0.229. The number of rotatable bonds is 5. The van der Waals surface area contributed by atoms with Gasteiger partial charge in [-0.15, -0.1) is 0 Å². The molecule has 1 aromatic rings. The van der Waals surface area contributed by atoms with Crippen molar-refractivity contribution in [3.05, 3.63) is 12.4 Å². The molecule has 13 heavy (non-hydrogen) atoms. The molecule has 0 aliphatic carbocycles. The van der Waals surface area contributed by atoms with Gasteiger partial charge >= 0.3 is 0 Å². The maximum atomic E-state index is 8.52. The summed E-state index contributed by atoms with van der Waals surface area (Å²) in [4.78, 5) is 7.84. The minimum atomic E-state index is 0.129. The van der Waals surface area contributed by atoms with E-state index in [4.69, 9.17) is 9.84 Å². The van der Waals surface area contributed by atoms with Crippen molar-refractivity contribution in [2.24, 2.45) is 0 Å². The number of nitrogens with zero attached hydrogens (tertiary/aromatic N) is 2. The maximum absolute atomic E-state index is 8.52. The van der Waals surface area contributed by atoms with Crippen LogP contribution < -0.4 is 10.1 Å². The van der Waals surface area contributed by atoms with Gasteiger partial charge in [-0.1, -0.05) is 0 Å². The van der Waals surface area contributed by atoms with Gasteiger partial charge in [-0.2, -0.15) is 0 Å². The molecule has 1 aromatic heterocycles. The second-order valence-electron chi connectivity index (χ2n) is 2.42. The molecule has 0 atom stereocenters. The summed E-state index contributed by atoms with van der Waals surface area (Å²) < 4.78 is 5.24. The Morgan fingerprint density at radius 2 is 2.38 bits per heavy atom. The van der Waals surface area contributed by atoms with E-state index in [1.165, 1.54) is 6.33 Å². The van der Waals surface area contributed by atoms with Crippen LogP contribution in [0.15, 0.2) is 12.4 Å². The molecular weight excluding hydrogens is 170 g/mol. The summed E-state index contributed by atoms with van der Waals surface area (Å²) in [5.41, 5.74) is 0. The van der Waals surface area contributed by atoms with Gasteiger partial charge in [0.05, 0.1) is 6.61 Å². The van der Waals surface area contributed by atoms with Crippen LogP contribution >= 0.6 is 0 Å². The molecule has 0 saturated carbocycles. The van der Waals surface area contributed by atoms with E-state index >= 15 is 0 Å². The minimum absolute atomic E-state index is 0.129. The Hall–Kier alpha value is -1.36. The van der Waals surface area contributed by atoms with Gasteiger partial charge in [0.1, 0.15) is 12.1 Å². The molecule has 0 unspecified atom stereocenters. The lowest BCUT2D eigenvalue weighted by atomic mass is 10.5. The number of hydrogen-bond donors (Lipinski definition) is 2.